The predicted octanol–water partition coefficient (Wildman–Crippen LogP) is 8.61. The molecule has 0 amide bonds. The Hall–Kier alpha value is -3.18. The summed E-state index contributed by atoms with van der Waals surface area (Å²) in [5, 5.41) is 30.8. The normalized spacial score (nSPS) is 36.6. The molecule has 0 aliphatic heterocycles. The average molecular weight is 765 g/mol. The number of Topliss-reactive ketones (excluding diaryl/α,β-unsaturated/α-hetero) is 1. The molecule has 9 atom stereocenters. The fourth-order valence-electron chi connectivity index (χ4n) is 12.9. The molecule has 2 aromatic heterocycles. The third-order valence-corrected chi connectivity index (χ3v) is 16.1. The molecule has 0 radical (unpaired) electrons. The molecule has 7 rings (SSSR count). The second-order valence-corrected chi connectivity index (χ2v) is 20.1. The largest absolute Gasteiger partial charge is 0.481 e. The molecule has 4 saturated carbocycles. The van der Waals surface area contributed by atoms with Gasteiger partial charge in [0, 0.05) is 29.6 Å². The quantitative estimate of drug-likeness (QED) is 0.247. The number of aliphatic hydroxyl groups excluding tert-OH is 1. The van der Waals surface area contributed by atoms with Crippen molar-refractivity contribution in [2.45, 2.75) is 139 Å². The second-order valence-electron chi connectivity index (χ2n) is 19.6. The number of hydrogen-bond donors (Lipinski definition) is 2. The van der Waals surface area contributed by atoms with E-state index >= 15 is 0 Å². The van der Waals surface area contributed by atoms with Crippen molar-refractivity contribution in [1.29, 1.82) is 0 Å². The lowest BCUT2D eigenvalue weighted by molar-refractivity contribution is -0.235. The summed E-state index contributed by atoms with van der Waals surface area (Å²) in [4.78, 5) is 47.4. The molecule has 5 aliphatic rings. The molecule has 2 N–H and O–H groups in total. The van der Waals surface area contributed by atoms with Gasteiger partial charge in [0.05, 0.1) is 16.9 Å². The van der Waals surface area contributed by atoms with Crippen LogP contribution in [-0.2, 0) is 19.1 Å². The van der Waals surface area contributed by atoms with Crippen LogP contribution >= 0.6 is 11.6 Å². The Bertz CT molecular complexity index is 1890. The summed E-state index contributed by atoms with van der Waals surface area (Å²) < 4.78 is 12.2. The number of carboxylic acid groups (broad SMARTS) is 1. The van der Waals surface area contributed by atoms with Crippen LogP contribution in [0.1, 0.15) is 139 Å². The minimum absolute atomic E-state index is 0.00304. The summed E-state index contributed by atoms with van der Waals surface area (Å²) >= 11 is 5.99. The summed E-state index contributed by atoms with van der Waals surface area (Å²) in [5.41, 5.74) is -0.490. The van der Waals surface area contributed by atoms with Gasteiger partial charge < -0.3 is 19.4 Å². The van der Waals surface area contributed by atoms with Crippen LogP contribution in [0.5, 0.6) is 0 Å². The number of fused-ring (bicyclic) bond motifs is 7. The molecule has 12 heteroatoms. The van der Waals surface area contributed by atoms with Crippen LogP contribution in [0.4, 0.5) is 0 Å². The van der Waals surface area contributed by atoms with Crippen molar-refractivity contribution in [3.63, 3.8) is 0 Å². The SMILES string of the molecule is CC(C)C1=C2[C@H]3CC[C@@H]4[C@@]5(C)CC[C@H](OC(=O)CC(C)(C)C(=O)O)C(C)(C)[C@@H]5CC[C@@]4(C)[C@]3(C)CC[C@@]2(C(O)c2nnc(-c3ncc(Cl)cn3)o2)CC1=O. The first-order valence-electron chi connectivity index (χ1n) is 19.8. The van der Waals surface area contributed by atoms with E-state index in [4.69, 9.17) is 20.8 Å². The molecule has 0 aromatic carbocycles. The molecule has 11 nitrogen and oxygen atoms in total. The zero-order valence-corrected chi connectivity index (χ0v) is 34.0. The fourth-order valence-corrected chi connectivity index (χ4v) is 13.0. The zero-order chi connectivity index (χ0) is 39.4. The van der Waals surface area contributed by atoms with Crippen molar-refractivity contribution in [2.24, 2.45) is 56.2 Å². The van der Waals surface area contributed by atoms with E-state index in [1.54, 1.807) is 13.8 Å². The number of ketones is 1. The van der Waals surface area contributed by atoms with Crippen LogP contribution in [0.2, 0.25) is 5.02 Å². The summed E-state index contributed by atoms with van der Waals surface area (Å²) in [6, 6.07) is 0. The molecule has 2 heterocycles. The minimum atomic E-state index is -1.19. The standard InChI is InChI=1S/C42H57ClN4O7/c1-22(2)30-25(48)18-42(32(50)34-46-47-35(54-34)33-44-20-23(43)21-45-33)17-16-40(8)24(31(30)42)10-11-27-39(7)14-13-28(53-29(49)19-37(3,4)36(51)52)38(5,6)26(39)12-15-41(27,40)9/h20-22,24,26-28,32,50H,10-19H2,1-9H3,(H,51,52)/t24-,26+,27-,28+,32?,39+,40-,41-,42-/m1/s1. The van der Waals surface area contributed by atoms with Gasteiger partial charge in [0.1, 0.15) is 12.2 Å². The smallest absolute Gasteiger partial charge is 0.309 e. The van der Waals surface area contributed by atoms with E-state index in [0.717, 1.165) is 56.1 Å². The van der Waals surface area contributed by atoms with E-state index in [0.29, 0.717) is 23.3 Å². The minimum Gasteiger partial charge on any atom is -0.481 e. The van der Waals surface area contributed by atoms with Crippen molar-refractivity contribution < 1.29 is 33.8 Å². The lowest BCUT2D eigenvalue weighted by atomic mass is 9.33. The maximum Gasteiger partial charge on any atom is 0.309 e. The van der Waals surface area contributed by atoms with Gasteiger partial charge >= 0.3 is 11.9 Å². The van der Waals surface area contributed by atoms with E-state index in [2.05, 4.69) is 68.6 Å². The Balaban J connectivity index is 1.19. The highest BCUT2D eigenvalue weighted by Gasteiger charge is 2.71. The van der Waals surface area contributed by atoms with Crippen molar-refractivity contribution in [3.05, 3.63) is 34.5 Å². The molecule has 4 fully saturated rings. The van der Waals surface area contributed by atoms with Gasteiger partial charge in [-0.05, 0) is 116 Å². The number of aliphatic carboxylic acids is 1. The molecule has 0 spiro atoms. The zero-order valence-electron chi connectivity index (χ0n) is 33.3. The van der Waals surface area contributed by atoms with Crippen molar-refractivity contribution >= 4 is 29.3 Å². The molecule has 5 aliphatic carbocycles. The monoisotopic (exact) mass is 764 g/mol. The average Bonchev–Trinajstić information content (AvgIpc) is 3.69. The van der Waals surface area contributed by atoms with Crippen LogP contribution in [0.25, 0.3) is 11.7 Å². The number of hydrogen-bond acceptors (Lipinski definition) is 10. The highest BCUT2D eigenvalue weighted by Crippen LogP contribution is 2.77. The Morgan fingerprint density at radius 2 is 1.65 bits per heavy atom. The van der Waals surface area contributed by atoms with Gasteiger partial charge in [-0.2, -0.15) is 0 Å². The second kappa shape index (κ2) is 12.9. The molecule has 2 aromatic rings. The number of ether oxygens (including phenoxy) is 1. The number of rotatable bonds is 8. The number of carbonyl (C=O) groups is 3. The van der Waals surface area contributed by atoms with Gasteiger partial charge in [-0.15, -0.1) is 10.2 Å². The highest BCUT2D eigenvalue weighted by molar-refractivity contribution is 6.30. The Morgan fingerprint density at radius 3 is 2.30 bits per heavy atom. The van der Waals surface area contributed by atoms with E-state index < -0.39 is 28.9 Å². The number of nitrogens with zero attached hydrogens (tertiary/aromatic N) is 4. The third-order valence-electron chi connectivity index (χ3n) is 15.9. The summed E-state index contributed by atoms with van der Waals surface area (Å²) in [6.07, 6.45) is 8.62. The number of esters is 1. The van der Waals surface area contributed by atoms with Crippen molar-refractivity contribution in [1.82, 2.24) is 20.2 Å². The molecule has 1 unspecified atom stereocenters. The molecule has 0 saturated heterocycles. The van der Waals surface area contributed by atoms with E-state index in [-0.39, 0.29) is 75.8 Å². The Morgan fingerprint density at radius 1 is 0.963 bits per heavy atom. The van der Waals surface area contributed by atoms with E-state index in [9.17, 15) is 24.6 Å². The number of carboxylic acids is 1. The summed E-state index contributed by atoms with van der Waals surface area (Å²) in [7, 11) is 0. The predicted molar refractivity (Wildman–Crippen MR) is 201 cm³/mol. The first-order valence-corrected chi connectivity index (χ1v) is 20.2. The van der Waals surface area contributed by atoms with Crippen molar-refractivity contribution in [2.75, 3.05) is 0 Å². The fraction of sp³-hybridized carbons (Fsp3) is 0.738. The molecular weight excluding hydrogens is 708 g/mol. The number of carbonyl (C=O) groups excluding carboxylic acids is 2. The number of aliphatic hydroxyl groups is 1. The molecule has 294 valence electrons. The summed E-state index contributed by atoms with van der Waals surface area (Å²) in [6.45, 7) is 19.2. The van der Waals surface area contributed by atoms with Crippen molar-refractivity contribution in [3.8, 4) is 11.7 Å². The van der Waals surface area contributed by atoms with Gasteiger partial charge in [-0.25, -0.2) is 9.97 Å². The summed E-state index contributed by atoms with van der Waals surface area (Å²) in [5.74, 6) is -0.120. The van der Waals surface area contributed by atoms with Crippen LogP contribution < -0.4 is 0 Å². The van der Waals surface area contributed by atoms with Gasteiger partial charge in [0.15, 0.2) is 5.78 Å². The lowest BCUT2D eigenvalue weighted by Gasteiger charge is -2.72. The number of allylic oxidation sites excluding steroid dienone is 1. The third kappa shape index (κ3) is 5.63. The Kier molecular flexibility index (Phi) is 9.36. The van der Waals surface area contributed by atoms with E-state index in [1.807, 2.05) is 0 Å². The van der Waals surface area contributed by atoms with Crippen LogP contribution in [0.3, 0.4) is 0 Å². The maximum absolute atomic E-state index is 14.1. The van der Waals surface area contributed by atoms with E-state index in [1.165, 1.54) is 12.4 Å². The number of aromatic nitrogens is 4. The highest BCUT2D eigenvalue weighted by atomic mass is 35.5. The Labute approximate surface area is 323 Å². The van der Waals surface area contributed by atoms with Gasteiger partial charge in [0.2, 0.25) is 11.7 Å². The topological polar surface area (TPSA) is 166 Å². The maximum atomic E-state index is 14.1. The first kappa shape index (κ1) is 39.1. The lowest BCUT2D eigenvalue weighted by Crippen LogP contribution is -2.66. The van der Waals surface area contributed by atoms with Gasteiger partial charge in [0.25, 0.3) is 5.89 Å². The first-order chi connectivity index (χ1) is 25.1. The van der Waals surface area contributed by atoms with Crippen LogP contribution in [0.15, 0.2) is 28.0 Å². The van der Waals surface area contributed by atoms with Crippen LogP contribution in [-0.4, -0.2) is 54.2 Å². The molecule has 0 bridgehead atoms. The van der Waals surface area contributed by atoms with Gasteiger partial charge in [-0.1, -0.05) is 60.1 Å². The van der Waals surface area contributed by atoms with Gasteiger partial charge in [-0.3, -0.25) is 14.4 Å². The molecule has 54 heavy (non-hydrogen) atoms. The molecular formula is C42H57ClN4O7. The number of halogens is 1. The van der Waals surface area contributed by atoms with Crippen LogP contribution in [0, 0.1) is 56.2 Å².